The van der Waals surface area contributed by atoms with Gasteiger partial charge in [-0.1, -0.05) is 12.1 Å². The largest absolute Gasteiger partial charge is 0.481 e. The van der Waals surface area contributed by atoms with Crippen LogP contribution < -0.4 is 4.90 Å². The lowest BCUT2D eigenvalue weighted by Crippen LogP contribution is -2.41. The molecule has 110 valence electrons. The summed E-state index contributed by atoms with van der Waals surface area (Å²) < 4.78 is 39.1. The fourth-order valence-corrected chi connectivity index (χ4v) is 2.70. The first-order chi connectivity index (χ1) is 9.39. The summed E-state index contributed by atoms with van der Waals surface area (Å²) in [6.45, 7) is 0.463. The van der Waals surface area contributed by atoms with Gasteiger partial charge in [-0.25, -0.2) is 0 Å². The first kappa shape index (κ1) is 14.7. The molecule has 0 radical (unpaired) electrons. The molecule has 0 spiro atoms. The van der Waals surface area contributed by atoms with Gasteiger partial charge in [-0.05, 0) is 31.4 Å². The molecule has 2 rings (SSSR count). The Morgan fingerprint density at radius 2 is 2.00 bits per heavy atom. The van der Waals surface area contributed by atoms with E-state index in [1.807, 2.05) is 0 Å². The molecular formula is C14H16F3NO2. The molecule has 3 nitrogen and oxygen atoms in total. The Labute approximate surface area is 115 Å². The van der Waals surface area contributed by atoms with Crippen molar-refractivity contribution < 1.29 is 23.1 Å². The van der Waals surface area contributed by atoms with E-state index in [0.717, 1.165) is 18.9 Å². The number of hydrogen-bond donors (Lipinski definition) is 1. The monoisotopic (exact) mass is 287 g/mol. The van der Waals surface area contributed by atoms with Crippen LogP contribution in [0.15, 0.2) is 24.3 Å². The van der Waals surface area contributed by atoms with Gasteiger partial charge in [-0.3, -0.25) is 4.79 Å². The number of para-hydroxylation sites is 1. The minimum absolute atomic E-state index is 0.0888. The third kappa shape index (κ3) is 3.23. The number of halogens is 3. The van der Waals surface area contributed by atoms with Crippen LogP contribution in [0.5, 0.6) is 0 Å². The molecule has 1 unspecified atom stereocenters. The maximum Gasteiger partial charge on any atom is 0.418 e. The van der Waals surface area contributed by atoms with Crippen LogP contribution in [0.3, 0.4) is 0 Å². The SMILES string of the molecule is O=C(O)CC1CCCCN1c1ccccc1C(F)(F)F. The molecule has 6 heteroatoms. The molecule has 0 saturated carbocycles. The summed E-state index contributed by atoms with van der Waals surface area (Å²) >= 11 is 0. The van der Waals surface area contributed by atoms with E-state index in [4.69, 9.17) is 5.11 Å². The fraction of sp³-hybridized carbons (Fsp3) is 0.500. The molecule has 0 aromatic heterocycles. The van der Waals surface area contributed by atoms with E-state index in [2.05, 4.69) is 0 Å². The van der Waals surface area contributed by atoms with Gasteiger partial charge < -0.3 is 10.0 Å². The molecule has 1 fully saturated rings. The van der Waals surface area contributed by atoms with Gasteiger partial charge >= 0.3 is 12.1 Å². The molecular weight excluding hydrogens is 271 g/mol. The summed E-state index contributed by atoms with van der Waals surface area (Å²) in [7, 11) is 0. The summed E-state index contributed by atoms with van der Waals surface area (Å²) in [5, 5.41) is 8.91. The number of carbonyl (C=O) groups is 1. The summed E-state index contributed by atoms with van der Waals surface area (Å²) in [5.41, 5.74) is -0.608. The van der Waals surface area contributed by atoms with Crippen LogP contribution in [-0.4, -0.2) is 23.7 Å². The molecule has 0 bridgehead atoms. The number of aliphatic carboxylic acids is 1. The Bertz CT molecular complexity index is 488. The van der Waals surface area contributed by atoms with Crippen LogP contribution in [0, 0.1) is 0 Å². The van der Waals surface area contributed by atoms with Gasteiger partial charge in [-0.2, -0.15) is 13.2 Å². The molecule has 0 aliphatic carbocycles. The Balaban J connectivity index is 2.35. The quantitative estimate of drug-likeness (QED) is 0.924. The van der Waals surface area contributed by atoms with E-state index >= 15 is 0 Å². The number of carboxylic acids is 1. The molecule has 1 N–H and O–H groups in total. The predicted octanol–water partition coefficient (Wildman–Crippen LogP) is 3.54. The van der Waals surface area contributed by atoms with Gasteiger partial charge in [0, 0.05) is 18.3 Å². The van der Waals surface area contributed by atoms with Crippen LogP contribution in [0.4, 0.5) is 18.9 Å². The molecule has 20 heavy (non-hydrogen) atoms. The zero-order chi connectivity index (χ0) is 14.8. The van der Waals surface area contributed by atoms with E-state index in [0.29, 0.717) is 13.0 Å². The summed E-state index contributed by atoms with van der Waals surface area (Å²) in [4.78, 5) is 12.5. The van der Waals surface area contributed by atoms with Crippen LogP contribution in [0.25, 0.3) is 0 Å². The number of anilines is 1. The molecule has 1 aliphatic heterocycles. The number of benzene rings is 1. The molecule has 1 atom stereocenters. The van der Waals surface area contributed by atoms with Gasteiger partial charge in [0.05, 0.1) is 12.0 Å². The maximum absolute atomic E-state index is 13.0. The smallest absolute Gasteiger partial charge is 0.418 e. The highest BCUT2D eigenvalue weighted by Crippen LogP contribution is 2.38. The molecule has 1 aromatic rings. The third-order valence-corrected chi connectivity index (χ3v) is 3.56. The zero-order valence-corrected chi connectivity index (χ0v) is 10.9. The maximum atomic E-state index is 13.0. The minimum Gasteiger partial charge on any atom is -0.481 e. The van der Waals surface area contributed by atoms with Crippen molar-refractivity contribution in [1.29, 1.82) is 0 Å². The highest BCUT2D eigenvalue weighted by molar-refractivity contribution is 5.69. The Hall–Kier alpha value is -1.72. The van der Waals surface area contributed by atoms with Gasteiger partial charge in [0.1, 0.15) is 0 Å². The normalized spacial score (nSPS) is 19.9. The predicted molar refractivity (Wildman–Crippen MR) is 68.7 cm³/mol. The Morgan fingerprint density at radius 1 is 1.30 bits per heavy atom. The lowest BCUT2D eigenvalue weighted by Gasteiger charge is -2.38. The topological polar surface area (TPSA) is 40.5 Å². The summed E-state index contributed by atoms with van der Waals surface area (Å²) in [5.74, 6) is -0.980. The minimum atomic E-state index is -4.43. The second-order valence-electron chi connectivity index (χ2n) is 4.96. The molecule has 1 saturated heterocycles. The van der Waals surface area contributed by atoms with Crippen molar-refractivity contribution >= 4 is 11.7 Å². The van der Waals surface area contributed by atoms with Crippen LogP contribution >= 0.6 is 0 Å². The number of hydrogen-bond acceptors (Lipinski definition) is 2. The van der Waals surface area contributed by atoms with Crippen molar-refractivity contribution in [2.75, 3.05) is 11.4 Å². The number of nitrogens with zero attached hydrogens (tertiary/aromatic N) is 1. The average Bonchev–Trinajstić information content (AvgIpc) is 2.38. The standard InChI is InChI=1S/C14H16F3NO2/c15-14(16,17)11-6-1-2-7-12(11)18-8-4-3-5-10(18)9-13(19)20/h1-2,6-7,10H,3-5,8-9H2,(H,19,20). The molecule has 1 heterocycles. The highest BCUT2D eigenvalue weighted by Gasteiger charge is 2.36. The van der Waals surface area contributed by atoms with Crippen molar-refractivity contribution in [3.05, 3.63) is 29.8 Å². The third-order valence-electron chi connectivity index (χ3n) is 3.56. The zero-order valence-electron chi connectivity index (χ0n) is 10.9. The van der Waals surface area contributed by atoms with Gasteiger partial charge in [0.15, 0.2) is 0 Å². The average molecular weight is 287 g/mol. The van der Waals surface area contributed by atoms with Crippen LogP contribution in [-0.2, 0) is 11.0 Å². The van der Waals surface area contributed by atoms with E-state index < -0.39 is 17.7 Å². The lowest BCUT2D eigenvalue weighted by atomic mass is 9.97. The molecule has 1 aliphatic rings. The van der Waals surface area contributed by atoms with Crippen molar-refractivity contribution in [3.63, 3.8) is 0 Å². The number of carboxylic acid groups (broad SMARTS) is 1. The Morgan fingerprint density at radius 3 is 2.65 bits per heavy atom. The lowest BCUT2D eigenvalue weighted by molar-refractivity contribution is -0.137. The summed E-state index contributed by atoms with van der Waals surface area (Å²) in [6, 6.07) is 4.99. The first-order valence-electron chi connectivity index (χ1n) is 6.54. The number of alkyl halides is 3. The van der Waals surface area contributed by atoms with E-state index in [1.165, 1.54) is 12.1 Å². The fourth-order valence-electron chi connectivity index (χ4n) is 2.70. The van der Waals surface area contributed by atoms with Crippen molar-refractivity contribution in [1.82, 2.24) is 0 Å². The van der Waals surface area contributed by atoms with Gasteiger partial charge in [0.25, 0.3) is 0 Å². The Kier molecular flexibility index (Phi) is 4.20. The second kappa shape index (κ2) is 5.73. The molecule has 1 aromatic carbocycles. The van der Waals surface area contributed by atoms with Gasteiger partial charge in [-0.15, -0.1) is 0 Å². The van der Waals surface area contributed by atoms with E-state index in [-0.39, 0.29) is 18.2 Å². The van der Waals surface area contributed by atoms with Gasteiger partial charge in [0.2, 0.25) is 0 Å². The van der Waals surface area contributed by atoms with Crippen molar-refractivity contribution in [2.24, 2.45) is 0 Å². The summed E-state index contributed by atoms with van der Waals surface area (Å²) in [6.07, 6.45) is -2.32. The first-order valence-corrected chi connectivity index (χ1v) is 6.54. The van der Waals surface area contributed by atoms with E-state index in [9.17, 15) is 18.0 Å². The molecule has 0 amide bonds. The van der Waals surface area contributed by atoms with E-state index in [1.54, 1.807) is 11.0 Å². The van der Waals surface area contributed by atoms with Crippen LogP contribution in [0.1, 0.15) is 31.2 Å². The van der Waals surface area contributed by atoms with Crippen molar-refractivity contribution in [2.45, 2.75) is 37.9 Å². The highest BCUT2D eigenvalue weighted by atomic mass is 19.4. The van der Waals surface area contributed by atoms with Crippen molar-refractivity contribution in [3.8, 4) is 0 Å². The number of piperidine rings is 1. The number of rotatable bonds is 3. The van der Waals surface area contributed by atoms with Crippen LogP contribution in [0.2, 0.25) is 0 Å². The second-order valence-corrected chi connectivity index (χ2v) is 4.96.